The minimum absolute atomic E-state index is 0. The fourth-order valence-electron chi connectivity index (χ4n) is 2.40. The molecule has 0 radical (unpaired) electrons. The van der Waals surface area contributed by atoms with E-state index in [1.54, 1.807) is 0 Å². The molecule has 3 nitrogen and oxygen atoms in total. The molecule has 2 rings (SSSR count). The van der Waals surface area contributed by atoms with E-state index in [2.05, 4.69) is 31.3 Å². The normalized spacial score (nSPS) is 15.8. The topological polar surface area (TPSA) is 32.3 Å². The molecule has 1 aliphatic rings. The maximum absolute atomic E-state index is 12.3. The number of amides is 1. The first-order chi connectivity index (χ1) is 8.59. The third-order valence-electron chi connectivity index (χ3n) is 3.62. The van der Waals surface area contributed by atoms with E-state index >= 15 is 0 Å². The molecule has 0 aliphatic carbocycles. The van der Waals surface area contributed by atoms with Gasteiger partial charge in [0.15, 0.2) is 0 Å². The molecule has 1 fully saturated rings. The Hall–Kier alpha value is -1.06. The van der Waals surface area contributed by atoms with Crippen LogP contribution in [0.5, 0.6) is 0 Å². The van der Waals surface area contributed by atoms with Crippen molar-refractivity contribution in [2.24, 2.45) is 0 Å². The molecular formula is C15H23ClN2O. The molecule has 4 heteroatoms. The molecule has 1 aliphatic heterocycles. The largest absolute Gasteiger partial charge is 0.340 e. The lowest BCUT2D eigenvalue weighted by molar-refractivity contribution is -0.132. The van der Waals surface area contributed by atoms with E-state index in [1.165, 1.54) is 5.56 Å². The third kappa shape index (κ3) is 4.22. The number of nitrogens with zero attached hydrogens (tertiary/aromatic N) is 1. The van der Waals surface area contributed by atoms with Gasteiger partial charge in [-0.15, -0.1) is 12.4 Å². The van der Waals surface area contributed by atoms with E-state index in [0.717, 1.165) is 26.2 Å². The Morgan fingerprint density at radius 3 is 2.37 bits per heavy atom. The lowest BCUT2D eigenvalue weighted by Crippen LogP contribution is -2.47. The van der Waals surface area contributed by atoms with Crippen LogP contribution < -0.4 is 5.32 Å². The smallest absolute Gasteiger partial charge is 0.223 e. The lowest BCUT2D eigenvalue weighted by atomic mass is 9.81. The second-order valence-corrected chi connectivity index (χ2v) is 5.56. The van der Waals surface area contributed by atoms with E-state index in [-0.39, 0.29) is 23.7 Å². The van der Waals surface area contributed by atoms with E-state index in [0.29, 0.717) is 6.42 Å². The van der Waals surface area contributed by atoms with E-state index < -0.39 is 0 Å². The Kier molecular flexibility index (Phi) is 5.83. The minimum Gasteiger partial charge on any atom is -0.340 e. The van der Waals surface area contributed by atoms with Gasteiger partial charge in [0.2, 0.25) is 5.91 Å². The predicted molar refractivity (Wildman–Crippen MR) is 80.8 cm³/mol. The van der Waals surface area contributed by atoms with Crippen LogP contribution in [0.2, 0.25) is 0 Å². The van der Waals surface area contributed by atoms with Crippen molar-refractivity contribution in [1.82, 2.24) is 10.2 Å². The van der Waals surface area contributed by atoms with Crippen molar-refractivity contribution in [1.29, 1.82) is 0 Å². The molecule has 1 amide bonds. The highest BCUT2D eigenvalue weighted by Crippen LogP contribution is 2.27. The fraction of sp³-hybridized carbons (Fsp3) is 0.533. The molecular weight excluding hydrogens is 260 g/mol. The van der Waals surface area contributed by atoms with Crippen molar-refractivity contribution in [3.8, 4) is 0 Å². The molecule has 0 unspecified atom stereocenters. The van der Waals surface area contributed by atoms with Gasteiger partial charge in [-0.1, -0.05) is 44.2 Å². The van der Waals surface area contributed by atoms with E-state index in [1.807, 2.05) is 23.1 Å². The van der Waals surface area contributed by atoms with Crippen LogP contribution in [0.25, 0.3) is 0 Å². The second kappa shape index (κ2) is 6.92. The van der Waals surface area contributed by atoms with E-state index in [4.69, 9.17) is 0 Å². The summed E-state index contributed by atoms with van der Waals surface area (Å²) < 4.78 is 0. The highest BCUT2D eigenvalue weighted by molar-refractivity contribution is 5.85. The van der Waals surface area contributed by atoms with Crippen molar-refractivity contribution in [2.45, 2.75) is 25.7 Å². The standard InChI is InChI=1S/C15H22N2O.ClH/c1-15(2,13-6-4-3-5-7-13)12-14(18)17-10-8-16-9-11-17;/h3-7,16H,8-12H2,1-2H3;1H. The zero-order valence-corrected chi connectivity index (χ0v) is 12.5. The summed E-state index contributed by atoms with van der Waals surface area (Å²) in [6.07, 6.45) is 0.580. The number of rotatable bonds is 3. The van der Waals surface area contributed by atoms with Crippen LogP contribution >= 0.6 is 12.4 Å². The summed E-state index contributed by atoms with van der Waals surface area (Å²) in [6, 6.07) is 10.3. The molecule has 1 N–H and O–H groups in total. The van der Waals surface area contributed by atoms with Gasteiger partial charge in [0.25, 0.3) is 0 Å². The first-order valence-electron chi connectivity index (χ1n) is 6.64. The van der Waals surface area contributed by atoms with Crippen LogP contribution in [-0.4, -0.2) is 37.0 Å². The van der Waals surface area contributed by atoms with Gasteiger partial charge < -0.3 is 10.2 Å². The van der Waals surface area contributed by atoms with Crippen molar-refractivity contribution >= 4 is 18.3 Å². The maximum Gasteiger partial charge on any atom is 0.223 e. The first-order valence-corrected chi connectivity index (χ1v) is 6.64. The highest BCUT2D eigenvalue weighted by atomic mass is 35.5. The average molecular weight is 283 g/mol. The summed E-state index contributed by atoms with van der Waals surface area (Å²) in [5.74, 6) is 0.269. The highest BCUT2D eigenvalue weighted by Gasteiger charge is 2.27. The third-order valence-corrected chi connectivity index (χ3v) is 3.62. The number of benzene rings is 1. The molecule has 0 bridgehead atoms. The second-order valence-electron chi connectivity index (χ2n) is 5.56. The molecule has 1 aromatic carbocycles. The number of halogens is 1. The van der Waals surface area contributed by atoms with Gasteiger partial charge in [-0.25, -0.2) is 0 Å². The number of piperazine rings is 1. The molecule has 1 saturated heterocycles. The Morgan fingerprint density at radius 1 is 1.21 bits per heavy atom. The summed E-state index contributed by atoms with van der Waals surface area (Å²) in [6.45, 7) is 7.78. The molecule has 106 valence electrons. The summed E-state index contributed by atoms with van der Waals surface area (Å²) in [5, 5.41) is 3.27. The van der Waals surface area contributed by atoms with Gasteiger partial charge in [-0.2, -0.15) is 0 Å². The minimum atomic E-state index is -0.0940. The SMILES string of the molecule is CC(C)(CC(=O)N1CCNCC1)c1ccccc1.Cl. The number of nitrogens with one attached hydrogen (secondary N) is 1. The van der Waals surface area contributed by atoms with Gasteiger partial charge >= 0.3 is 0 Å². The number of hydrogen-bond acceptors (Lipinski definition) is 2. The first kappa shape index (κ1) is 16.0. The lowest BCUT2D eigenvalue weighted by Gasteiger charge is -2.32. The van der Waals surface area contributed by atoms with Crippen molar-refractivity contribution < 1.29 is 4.79 Å². The Labute approximate surface area is 121 Å². The number of carbonyl (C=O) groups excluding carboxylic acids is 1. The zero-order chi connectivity index (χ0) is 13.0. The fourth-order valence-corrected chi connectivity index (χ4v) is 2.40. The zero-order valence-electron chi connectivity index (χ0n) is 11.7. The molecule has 0 atom stereocenters. The number of carbonyl (C=O) groups is 1. The quantitative estimate of drug-likeness (QED) is 0.922. The Morgan fingerprint density at radius 2 is 1.79 bits per heavy atom. The number of hydrogen-bond donors (Lipinski definition) is 1. The molecule has 1 heterocycles. The molecule has 0 aromatic heterocycles. The molecule has 0 saturated carbocycles. The monoisotopic (exact) mass is 282 g/mol. The van der Waals surface area contributed by atoms with Crippen LogP contribution in [0.4, 0.5) is 0 Å². The summed E-state index contributed by atoms with van der Waals surface area (Å²) >= 11 is 0. The predicted octanol–water partition coefficient (Wildman–Crippen LogP) is 2.21. The Bertz CT molecular complexity index is 400. The Balaban J connectivity index is 0.00000180. The molecule has 0 spiro atoms. The molecule has 1 aromatic rings. The van der Waals surface area contributed by atoms with Crippen molar-refractivity contribution in [3.63, 3.8) is 0 Å². The van der Waals surface area contributed by atoms with Crippen molar-refractivity contribution in [3.05, 3.63) is 35.9 Å². The van der Waals surface area contributed by atoms with Gasteiger partial charge in [-0.3, -0.25) is 4.79 Å². The van der Waals surface area contributed by atoms with Gasteiger partial charge in [0, 0.05) is 32.6 Å². The van der Waals surface area contributed by atoms with Crippen LogP contribution in [0.1, 0.15) is 25.8 Å². The van der Waals surface area contributed by atoms with Crippen LogP contribution in [0.3, 0.4) is 0 Å². The van der Waals surface area contributed by atoms with Gasteiger partial charge in [-0.05, 0) is 11.0 Å². The van der Waals surface area contributed by atoms with E-state index in [9.17, 15) is 4.79 Å². The summed E-state index contributed by atoms with van der Waals surface area (Å²) in [5.41, 5.74) is 1.14. The van der Waals surface area contributed by atoms with Crippen LogP contribution in [-0.2, 0) is 10.2 Å². The van der Waals surface area contributed by atoms with Crippen LogP contribution in [0, 0.1) is 0 Å². The summed E-state index contributed by atoms with van der Waals surface area (Å²) in [4.78, 5) is 14.3. The average Bonchev–Trinajstić information content (AvgIpc) is 2.40. The van der Waals surface area contributed by atoms with Crippen molar-refractivity contribution in [2.75, 3.05) is 26.2 Å². The van der Waals surface area contributed by atoms with Crippen LogP contribution in [0.15, 0.2) is 30.3 Å². The van der Waals surface area contributed by atoms with Gasteiger partial charge in [0.05, 0.1) is 0 Å². The summed E-state index contributed by atoms with van der Waals surface area (Å²) in [7, 11) is 0. The molecule has 19 heavy (non-hydrogen) atoms. The van der Waals surface area contributed by atoms with Gasteiger partial charge in [0.1, 0.15) is 0 Å². The maximum atomic E-state index is 12.3.